The number of rotatable bonds is 8. The summed E-state index contributed by atoms with van der Waals surface area (Å²) < 4.78 is 12.6. The smallest absolute Gasteiger partial charge is 0.262 e. The van der Waals surface area contributed by atoms with Crippen LogP contribution in [0.5, 0.6) is 5.75 Å². The zero-order valence-corrected chi connectivity index (χ0v) is 17.8. The Kier molecular flexibility index (Phi) is 6.18. The van der Waals surface area contributed by atoms with Crippen LogP contribution in [0.15, 0.2) is 69.2 Å². The van der Waals surface area contributed by atoms with E-state index < -0.39 is 0 Å². The fraction of sp³-hybridized carbons (Fsp3) is 0.261. The molecule has 0 radical (unpaired) electrons. The number of hydrogen-bond donors (Lipinski definition) is 0. The highest BCUT2D eigenvalue weighted by Gasteiger charge is 2.13. The van der Waals surface area contributed by atoms with Gasteiger partial charge in [0, 0.05) is 17.9 Å². The van der Waals surface area contributed by atoms with Crippen molar-refractivity contribution >= 4 is 22.7 Å². The molecule has 0 amide bonds. The van der Waals surface area contributed by atoms with Gasteiger partial charge in [0.1, 0.15) is 12.0 Å². The first-order valence-electron chi connectivity index (χ1n) is 9.91. The summed E-state index contributed by atoms with van der Waals surface area (Å²) in [6.45, 7) is 2.77. The van der Waals surface area contributed by atoms with Crippen molar-refractivity contribution in [3.63, 3.8) is 0 Å². The largest absolute Gasteiger partial charge is 0.497 e. The van der Waals surface area contributed by atoms with Crippen molar-refractivity contribution in [3.05, 3.63) is 70.8 Å². The first kappa shape index (κ1) is 20.2. The molecule has 4 rings (SSSR count). The molecule has 0 fully saturated rings. The Morgan fingerprint density at radius 1 is 1.10 bits per heavy atom. The minimum absolute atomic E-state index is 0.00984. The van der Waals surface area contributed by atoms with Crippen molar-refractivity contribution < 1.29 is 9.15 Å². The number of hydrogen-bond acceptors (Lipinski definition) is 6. The number of nitrogens with zero attached hydrogens (tertiary/aromatic N) is 3. The highest BCUT2D eigenvalue weighted by Crippen LogP contribution is 2.26. The highest BCUT2D eigenvalue weighted by molar-refractivity contribution is 7.98. The topological polar surface area (TPSA) is 70.2 Å². The average molecular weight is 422 g/mol. The summed E-state index contributed by atoms with van der Waals surface area (Å²) in [4.78, 5) is 22.3. The Labute approximate surface area is 178 Å². The summed E-state index contributed by atoms with van der Waals surface area (Å²) in [7, 11) is 1.64. The Morgan fingerprint density at radius 3 is 2.67 bits per heavy atom. The predicted octanol–water partition coefficient (Wildman–Crippen LogP) is 5.15. The zero-order valence-electron chi connectivity index (χ0n) is 17.0. The summed E-state index contributed by atoms with van der Waals surface area (Å²) in [5.41, 5.74) is 2.42. The quantitative estimate of drug-likeness (QED) is 0.289. The molecule has 4 aromatic rings. The van der Waals surface area contributed by atoms with Crippen LogP contribution in [0.2, 0.25) is 0 Å². The van der Waals surface area contributed by atoms with E-state index in [0.717, 1.165) is 35.4 Å². The van der Waals surface area contributed by atoms with Crippen molar-refractivity contribution in [1.82, 2.24) is 14.5 Å². The lowest BCUT2D eigenvalue weighted by molar-refractivity contribution is 0.415. The molecule has 0 unspecified atom stereocenters. The van der Waals surface area contributed by atoms with Crippen LogP contribution in [0, 0.1) is 0 Å². The van der Waals surface area contributed by atoms with E-state index in [4.69, 9.17) is 14.1 Å². The summed E-state index contributed by atoms with van der Waals surface area (Å²) in [6.07, 6.45) is 3.60. The second kappa shape index (κ2) is 9.17. The van der Waals surface area contributed by atoms with E-state index in [9.17, 15) is 4.79 Å². The van der Waals surface area contributed by atoms with E-state index in [1.54, 1.807) is 17.9 Å². The van der Waals surface area contributed by atoms with Crippen LogP contribution in [0.4, 0.5) is 0 Å². The zero-order chi connectivity index (χ0) is 20.9. The Balaban J connectivity index is 1.57. The molecule has 2 aromatic heterocycles. The number of oxazole rings is 1. The van der Waals surface area contributed by atoms with Crippen LogP contribution in [-0.2, 0) is 12.3 Å². The van der Waals surface area contributed by atoms with Gasteiger partial charge in [0.2, 0.25) is 5.89 Å². The van der Waals surface area contributed by atoms with Gasteiger partial charge in [-0.3, -0.25) is 9.36 Å². The van der Waals surface area contributed by atoms with Crippen molar-refractivity contribution in [2.24, 2.45) is 0 Å². The average Bonchev–Trinajstić information content (AvgIpc) is 3.26. The van der Waals surface area contributed by atoms with Gasteiger partial charge in [-0.05, 0) is 42.8 Å². The SMILES string of the molecule is CCCCn1c(SCc2coc(-c3ccc(OC)cc3)n2)nc2ccccc2c1=O. The van der Waals surface area contributed by atoms with E-state index >= 15 is 0 Å². The van der Waals surface area contributed by atoms with Gasteiger partial charge in [0.15, 0.2) is 5.16 Å². The highest BCUT2D eigenvalue weighted by atomic mass is 32.2. The number of benzene rings is 2. The second-order valence-corrected chi connectivity index (χ2v) is 7.83. The van der Waals surface area contributed by atoms with E-state index in [0.29, 0.717) is 28.7 Å². The predicted molar refractivity (Wildman–Crippen MR) is 119 cm³/mol. The molecule has 0 saturated carbocycles. The van der Waals surface area contributed by atoms with Gasteiger partial charge in [0.25, 0.3) is 5.56 Å². The number of aromatic nitrogens is 3. The normalized spacial score (nSPS) is 11.1. The van der Waals surface area contributed by atoms with Crippen molar-refractivity contribution in [2.75, 3.05) is 7.11 Å². The molecule has 2 heterocycles. The number of thioether (sulfide) groups is 1. The van der Waals surface area contributed by atoms with Crippen molar-refractivity contribution in [3.8, 4) is 17.2 Å². The van der Waals surface area contributed by atoms with Crippen molar-refractivity contribution in [1.29, 1.82) is 0 Å². The van der Waals surface area contributed by atoms with Gasteiger partial charge in [-0.1, -0.05) is 37.2 Å². The monoisotopic (exact) mass is 421 g/mol. The molecule has 0 spiro atoms. The Bertz CT molecular complexity index is 1200. The lowest BCUT2D eigenvalue weighted by atomic mass is 10.2. The van der Waals surface area contributed by atoms with E-state index in [1.165, 1.54) is 11.8 Å². The maximum absolute atomic E-state index is 13.0. The number of unbranched alkanes of at least 4 members (excludes halogenated alkanes) is 1. The molecule has 0 saturated heterocycles. The van der Waals surface area contributed by atoms with Crippen LogP contribution in [0.1, 0.15) is 25.5 Å². The number of fused-ring (bicyclic) bond motifs is 1. The van der Waals surface area contributed by atoms with Gasteiger partial charge >= 0.3 is 0 Å². The fourth-order valence-corrected chi connectivity index (χ4v) is 4.05. The molecule has 0 atom stereocenters. The third-order valence-electron chi connectivity index (χ3n) is 4.80. The molecule has 30 heavy (non-hydrogen) atoms. The molecule has 7 heteroatoms. The van der Waals surface area contributed by atoms with Gasteiger partial charge < -0.3 is 9.15 Å². The van der Waals surface area contributed by atoms with E-state index in [-0.39, 0.29) is 5.56 Å². The van der Waals surface area contributed by atoms with Gasteiger partial charge in [0.05, 0.1) is 23.7 Å². The fourth-order valence-electron chi connectivity index (χ4n) is 3.15. The number of para-hydroxylation sites is 1. The molecular formula is C23H23N3O3S. The molecule has 0 aliphatic carbocycles. The van der Waals surface area contributed by atoms with Gasteiger partial charge in [-0.15, -0.1) is 0 Å². The molecule has 2 aromatic carbocycles. The molecule has 0 aliphatic rings. The first-order valence-corrected chi connectivity index (χ1v) is 10.9. The van der Waals surface area contributed by atoms with Crippen LogP contribution in [-0.4, -0.2) is 21.6 Å². The molecule has 6 nitrogen and oxygen atoms in total. The first-order chi connectivity index (χ1) is 14.7. The van der Waals surface area contributed by atoms with Crippen LogP contribution in [0.3, 0.4) is 0 Å². The van der Waals surface area contributed by atoms with Gasteiger partial charge in [-0.2, -0.15) is 0 Å². The van der Waals surface area contributed by atoms with Crippen LogP contribution >= 0.6 is 11.8 Å². The maximum Gasteiger partial charge on any atom is 0.262 e. The summed E-state index contributed by atoms with van der Waals surface area (Å²) in [6, 6.07) is 15.1. The third-order valence-corrected chi connectivity index (χ3v) is 5.81. The minimum atomic E-state index is 0.00984. The molecule has 0 N–H and O–H groups in total. The van der Waals surface area contributed by atoms with E-state index in [1.807, 2.05) is 48.5 Å². The second-order valence-electron chi connectivity index (χ2n) is 6.88. The molecule has 0 aliphatic heterocycles. The third kappa shape index (κ3) is 4.26. The van der Waals surface area contributed by atoms with Crippen molar-refractivity contribution in [2.45, 2.75) is 37.2 Å². The Morgan fingerprint density at radius 2 is 1.90 bits per heavy atom. The van der Waals surface area contributed by atoms with E-state index in [2.05, 4.69) is 11.9 Å². The van der Waals surface area contributed by atoms with Crippen LogP contribution < -0.4 is 10.3 Å². The Hall–Kier alpha value is -3.06. The number of ether oxygens (including phenoxy) is 1. The van der Waals surface area contributed by atoms with Gasteiger partial charge in [-0.25, -0.2) is 9.97 Å². The molecule has 154 valence electrons. The standard InChI is InChI=1S/C23H23N3O3S/c1-3-4-13-26-22(27)19-7-5-6-8-20(19)25-23(26)30-15-17-14-29-21(24-17)16-9-11-18(28-2)12-10-16/h5-12,14H,3-4,13,15H2,1-2H3. The number of methoxy groups -OCH3 is 1. The summed E-state index contributed by atoms with van der Waals surface area (Å²) >= 11 is 1.50. The minimum Gasteiger partial charge on any atom is -0.497 e. The molecule has 0 bridgehead atoms. The molecular weight excluding hydrogens is 398 g/mol. The lowest BCUT2D eigenvalue weighted by Gasteiger charge is -2.12. The maximum atomic E-state index is 13.0. The summed E-state index contributed by atoms with van der Waals surface area (Å²) in [5.74, 6) is 1.91. The van der Waals surface area contributed by atoms with Crippen LogP contribution in [0.25, 0.3) is 22.4 Å². The lowest BCUT2D eigenvalue weighted by Crippen LogP contribution is -2.23. The summed E-state index contributed by atoms with van der Waals surface area (Å²) in [5, 5.41) is 1.36.